The van der Waals surface area contributed by atoms with Gasteiger partial charge in [-0.1, -0.05) is 6.07 Å². The number of hydrogen-bond donors (Lipinski definition) is 5. The van der Waals surface area contributed by atoms with E-state index in [1.54, 1.807) is 24.3 Å². The monoisotopic (exact) mass is 462 g/mol. The molecule has 12 heteroatoms. The van der Waals surface area contributed by atoms with Crippen LogP contribution in [0.25, 0.3) is 0 Å². The number of anilines is 4. The molecule has 0 unspecified atom stereocenters. The predicted molar refractivity (Wildman–Crippen MR) is 122 cm³/mol. The zero-order valence-corrected chi connectivity index (χ0v) is 17.9. The standard InChI is InChI=1S/C21H25F3N8O/c1-32(17-16(26)6-3-7-21(17,23)24)20-15(22)11-14(18(27)33)19(30-20)29-12-4-2-5-13(10-12)31-28-9-8-25/h2,4-5,8-11,16-17,25,31H,3,6-7,26H2,1H3,(H2,27,33)(H,29,30)/b25-8?,28-9-/t16-,17-/m0/s1. The molecule has 1 aromatic heterocycles. The molecule has 0 aliphatic heterocycles. The molecular formula is C21H25F3N8O. The third-order valence-corrected chi connectivity index (χ3v) is 5.33. The molecule has 0 bridgehead atoms. The number of hydrogen-bond acceptors (Lipinski definition) is 8. The minimum Gasteiger partial charge on any atom is -0.365 e. The Hall–Kier alpha value is -3.67. The highest BCUT2D eigenvalue weighted by Gasteiger charge is 2.48. The number of likely N-dealkylation sites (N-methyl/N-ethyl adjacent to an activating group) is 1. The Kier molecular flexibility index (Phi) is 7.16. The average Bonchev–Trinajstić information content (AvgIpc) is 2.74. The average molecular weight is 462 g/mol. The van der Waals surface area contributed by atoms with E-state index in [0.717, 1.165) is 17.2 Å². The van der Waals surface area contributed by atoms with Crippen molar-refractivity contribution in [2.45, 2.75) is 37.3 Å². The number of carbonyl (C=O) groups excluding carboxylic acids is 1. The molecule has 0 radical (unpaired) electrons. The van der Waals surface area contributed by atoms with Gasteiger partial charge in [0.05, 0.1) is 17.5 Å². The number of nitrogens with zero attached hydrogens (tertiary/aromatic N) is 3. The summed E-state index contributed by atoms with van der Waals surface area (Å²) in [5, 5.41) is 13.6. The van der Waals surface area contributed by atoms with Gasteiger partial charge in [0.2, 0.25) is 0 Å². The molecule has 2 aromatic rings. The number of nitrogens with one attached hydrogen (secondary N) is 3. The minimum atomic E-state index is -3.13. The molecule has 1 aliphatic rings. The maximum absolute atomic E-state index is 14.9. The van der Waals surface area contributed by atoms with Gasteiger partial charge in [-0.25, -0.2) is 18.2 Å². The Morgan fingerprint density at radius 1 is 1.36 bits per heavy atom. The molecule has 1 fully saturated rings. The van der Waals surface area contributed by atoms with Crippen molar-refractivity contribution in [2.75, 3.05) is 22.7 Å². The van der Waals surface area contributed by atoms with Crippen molar-refractivity contribution < 1.29 is 18.0 Å². The van der Waals surface area contributed by atoms with Gasteiger partial charge in [-0.2, -0.15) is 5.10 Å². The Morgan fingerprint density at radius 3 is 2.76 bits per heavy atom. The number of hydrazone groups is 1. The van der Waals surface area contributed by atoms with Crippen LogP contribution < -0.4 is 27.1 Å². The van der Waals surface area contributed by atoms with E-state index in [1.165, 1.54) is 13.3 Å². The molecule has 1 aromatic carbocycles. The first-order valence-electron chi connectivity index (χ1n) is 10.2. The zero-order chi connectivity index (χ0) is 24.2. The number of aromatic nitrogens is 1. The SMILES string of the molecule is CN(c1nc(Nc2cccc(N/N=C\C=N)c2)c(C(N)=O)cc1F)[C@H]1[C@@H](N)CCCC1(F)F. The van der Waals surface area contributed by atoms with Crippen LogP contribution in [0, 0.1) is 11.2 Å². The van der Waals surface area contributed by atoms with Crippen LogP contribution in [-0.2, 0) is 0 Å². The highest BCUT2D eigenvalue weighted by molar-refractivity contribution is 6.14. The highest BCUT2D eigenvalue weighted by Crippen LogP contribution is 2.38. The maximum atomic E-state index is 14.9. The summed E-state index contributed by atoms with van der Waals surface area (Å²) in [4.78, 5) is 17.1. The van der Waals surface area contributed by atoms with Crippen LogP contribution in [0.1, 0.15) is 29.6 Å². The number of rotatable bonds is 8. The minimum absolute atomic E-state index is 0.0985. The molecule has 0 spiro atoms. The van der Waals surface area contributed by atoms with Crippen molar-refractivity contribution in [1.29, 1.82) is 5.41 Å². The highest BCUT2D eigenvalue weighted by atomic mass is 19.3. The molecule has 1 saturated carbocycles. The van der Waals surface area contributed by atoms with E-state index in [9.17, 15) is 18.0 Å². The summed E-state index contributed by atoms with van der Waals surface area (Å²) in [5.74, 6) is -5.52. The second-order valence-electron chi connectivity index (χ2n) is 7.69. The zero-order valence-electron chi connectivity index (χ0n) is 17.9. The van der Waals surface area contributed by atoms with Crippen LogP contribution in [0.2, 0.25) is 0 Å². The molecule has 0 saturated heterocycles. The molecule has 176 valence electrons. The Bertz CT molecular complexity index is 1060. The first-order chi connectivity index (χ1) is 15.6. The Labute approximate surface area is 188 Å². The second kappa shape index (κ2) is 9.86. The van der Waals surface area contributed by atoms with Gasteiger partial charge in [0, 0.05) is 31.4 Å². The topological polar surface area (TPSA) is 146 Å². The van der Waals surface area contributed by atoms with E-state index in [0.29, 0.717) is 17.8 Å². The maximum Gasteiger partial charge on any atom is 0.269 e. The van der Waals surface area contributed by atoms with Crippen molar-refractivity contribution in [3.8, 4) is 0 Å². The number of benzene rings is 1. The second-order valence-corrected chi connectivity index (χ2v) is 7.69. The summed E-state index contributed by atoms with van der Waals surface area (Å²) in [6, 6.07) is 5.17. The first kappa shape index (κ1) is 24.0. The fourth-order valence-corrected chi connectivity index (χ4v) is 3.86. The van der Waals surface area contributed by atoms with E-state index >= 15 is 0 Å². The van der Waals surface area contributed by atoms with Crippen LogP contribution in [0.4, 0.5) is 36.2 Å². The van der Waals surface area contributed by atoms with Crippen molar-refractivity contribution >= 4 is 41.3 Å². The van der Waals surface area contributed by atoms with Gasteiger partial charge >= 0.3 is 0 Å². The lowest BCUT2D eigenvalue weighted by Crippen LogP contribution is -2.59. The van der Waals surface area contributed by atoms with E-state index in [2.05, 4.69) is 20.8 Å². The Morgan fingerprint density at radius 2 is 2.09 bits per heavy atom. The molecule has 3 rings (SSSR count). The largest absolute Gasteiger partial charge is 0.365 e. The summed E-state index contributed by atoms with van der Waals surface area (Å²) in [5.41, 5.74) is 14.8. The van der Waals surface area contributed by atoms with Crippen LogP contribution in [0.15, 0.2) is 35.4 Å². The lowest BCUT2D eigenvalue weighted by molar-refractivity contribution is -0.0593. The molecule has 1 heterocycles. The summed E-state index contributed by atoms with van der Waals surface area (Å²) in [6.45, 7) is 0. The van der Waals surface area contributed by atoms with Gasteiger partial charge in [0.15, 0.2) is 11.6 Å². The molecular weight excluding hydrogens is 437 g/mol. The summed E-state index contributed by atoms with van der Waals surface area (Å²) in [7, 11) is 1.30. The van der Waals surface area contributed by atoms with Gasteiger partial charge in [-0.05, 0) is 37.1 Å². The third kappa shape index (κ3) is 5.40. The van der Waals surface area contributed by atoms with Gasteiger partial charge in [-0.15, -0.1) is 0 Å². The smallest absolute Gasteiger partial charge is 0.269 e. The van der Waals surface area contributed by atoms with Crippen molar-refractivity contribution in [2.24, 2.45) is 16.6 Å². The molecule has 33 heavy (non-hydrogen) atoms. The van der Waals surface area contributed by atoms with Gasteiger partial charge in [0.25, 0.3) is 11.8 Å². The number of pyridine rings is 1. The van der Waals surface area contributed by atoms with Crippen molar-refractivity contribution in [3.05, 3.63) is 41.7 Å². The fourth-order valence-electron chi connectivity index (χ4n) is 3.86. The number of nitrogens with two attached hydrogens (primary N) is 2. The molecule has 1 amide bonds. The molecule has 2 atom stereocenters. The number of amides is 1. The third-order valence-electron chi connectivity index (χ3n) is 5.33. The predicted octanol–water partition coefficient (Wildman–Crippen LogP) is 3.06. The van der Waals surface area contributed by atoms with E-state index in [4.69, 9.17) is 16.9 Å². The van der Waals surface area contributed by atoms with Gasteiger partial charge in [0.1, 0.15) is 11.9 Å². The van der Waals surface area contributed by atoms with Crippen LogP contribution in [0.3, 0.4) is 0 Å². The molecule has 1 aliphatic carbocycles. The lowest BCUT2D eigenvalue weighted by Gasteiger charge is -2.42. The number of halogens is 3. The van der Waals surface area contributed by atoms with Crippen molar-refractivity contribution in [3.63, 3.8) is 0 Å². The quantitative estimate of drug-likeness (QED) is 0.301. The van der Waals surface area contributed by atoms with Crippen LogP contribution >= 0.6 is 0 Å². The summed E-state index contributed by atoms with van der Waals surface area (Å²) >= 11 is 0. The summed E-state index contributed by atoms with van der Waals surface area (Å²) in [6.07, 6.45) is 2.52. The summed E-state index contributed by atoms with van der Waals surface area (Å²) < 4.78 is 44.1. The van der Waals surface area contributed by atoms with E-state index in [1.807, 2.05) is 0 Å². The molecule has 7 N–H and O–H groups in total. The van der Waals surface area contributed by atoms with Gasteiger partial charge < -0.3 is 27.1 Å². The number of carbonyl (C=O) groups is 1. The molecule has 9 nitrogen and oxygen atoms in total. The van der Waals surface area contributed by atoms with Crippen molar-refractivity contribution in [1.82, 2.24) is 4.98 Å². The van der Waals surface area contributed by atoms with Gasteiger partial charge in [-0.3, -0.25) is 10.2 Å². The number of primary amides is 1. The normalized spacial score (nSPS) is 19.8. The van der Waals surface area contributed by atoms with E-state index in [-0.39, 0.29) is 30.0 Å². The Balaban J connectivity index is 1.98. The van der Waals surface area contributed by atoms with E-state index < -0.39 is 29.7 Å². The first-order valence-corrected chi connectivity index (χ1v) is 10.2. The number of alkyl halides is 2. The van der Waals surface area contributed by atoms with Crippen LogP contribution in [0.5, 0.6) is 0 Å². The van der Waals surface area contributed by atoms with Crippen LogP contribution in [-0.4, -0.2) is 48.4 Å². The fraction of sp³-hybridized carbons (Fsp3) is 0.333. The lowest BCUT2D eigenvalue weighted by atomic mass is 9.86.